The highest BCUT2D eigenvalue weighted by Gasteiger charge is 2.23. The summed E-state index contributed by atoms with van der Waals surface area (Å²) in [4.78, 5) is 15.3. The van der Waals surface area contributed by atoms with E-state index in [9.17, 15) is 4.79 Å². The van der Waals surface area contributed by atoms with Gasteiger partial charge in [0, 0.05) is 13.1 Å². The van der Waals surface area contributed by atoms with E-state index >= 15 is 0 Å². The predicted octanol–water partition coefficient (Wildman–Crippen LogP) is 4.82. The standard InChI is InChI=1S/C25H21NO4/c1-28-19-9-5-6-17(12-19)13-26-14-21-23(30-16-26)11-10-20-24(27)22(15-29-25(20)21)18-7-3-2-4-8-18/h2-12,15H,13-14,16H2,1H3. The zero-order valence-electron chi connectivity index (χ0n) is 16.6. The molecule has 0 spiro atoms. The van der Waals surface area contributed by atoms with Crippen molar-refractivity contribution in [3.05, 3.63) is 94.3 Å². The molecule has 0 saturated heterocycles. The molecule has 0 saturated carbocycles. The lowest BCUT2D eigenvalue weighted by molar-refractivity contribution is 0.0889. The van der Waals surface area contributed by atoms with Gasteiger partial charge in [-0.3, -0.25) is 9.69 Å². The lowest BCUT2D eigenvalue weighted by Crippen LogP contribution is -2.31. The van der Waals surface area contributed by atoms with Gasteiger partial charge in [0.2, 0.25) is 5.43 Å². The van der Waals surface area contributed by atoms with Crippen LogP contribution in [0.15, 0.2) is 82.2 Å². The van der Waals surface area contributed by atoms with Gasteiger partial charge in [-0.15, -0.1) is 0 Å². The molecule has 2 heterocycles. The highest BCUT2D eigenvalue weighted by atomic mass is 16.5. The average molecular weight is 399 g/mol. The Bertz CT molecular complexity index is 1260. The van der Waals surface area contributed by atoms with Gasteiger partial charge in [0.15, 0.2) is 0 Å². The normalized spacial score (nSPS) is 13.6. The van der Waals surface area contributed by atoms with E-state index in [4.69, 9.17) is 13.9 Å². The molecule has 1 aromatic heterocycles. The van der Waals surface area contributed by atoms with Crippen LogP contribution in [0.1, 0.15) is 11.1 Å². The third-order valence-electron chi connectivity index (χ3n) is 5.41. The van der Waals surface area contributed by atoms with E-state index in [2.05, 4.69) is 11.0 Å². The number of fused-ring (bicyclic) bond motifs is 3. The van der Waals surface area contributed by atoms with Gasteiger partial charge in [0.25, 0.3) is 0 Å². The largest absolute Gasteiger partial charge is 0.497 e. The number of ether oxygens (including phenoxy) is 2. The van der Waals surface area contributed by atoms with Gasteiger partial charge in [-0.1, -0.05) is 42.5 Å². The number of hydrogen-bond donors (Lipinski definition) is 0. The second-order valence-corrected chi connectivity index (χ2v) is 7.38. The van der Waals surface area contributed by atoms with Gasteiger partial charge in [-0.05, 0) is 35.4 Å². The van der Waals surface area contributed by atoms with E-state index in [1.807, 2.05) is 54.6 Å². The molecule has 0 amide bonds. The summed E-state index contributed by atoms with van der Waals surface area (Å²) in [6.07, 6.45) is 1.56. The quantitative estimate of drug-likeness (QED) is 0.492. The molecule has 5 heteroatoms. The summed E-state index contributed by atoms with van der Waals surface area (Å²) in [6, 6.07) is 21.2. The smallest absolute Gasteiger partial charge is 0.200 e. The van der Waals surface area contributed by atoms with Crippen molar-refractivity contribution in [3.63, 3.8) is 0 Å². The lowest BCUT2D eigenvalue weighted by Gasteiger charge is -2.29. The topological polar surface area (TPSA) is 51.9 Å². The summed E-state index contributed by atoms with van der Waals surface area (Å²) in [6.45, 7) is 1.82. The number of methoxy groups -OCH3 is 1. The minimum absolute atomic E-state index is 0.0323. The first kappa shape index (κ1) is 18.5. The first-order valence-electron chi connectivity index (χ1n) is 9.84. The maximum Gasteiger partial charge on any atom is 0.200 e. The summed E-state index contributed by atoms with van der Waals surface area (Å²) in [5.41, 5.74) is 4.00. The molecule has 0 aliphatic carbocycles. The first-order chi connectivity index (χ1) is 14.7. The summed E-state index contributed by atoms with van der Waals surface area (Å²) in [5.74, 6) is 1.59. The maximum atomic E-state index is 13.1. The van der Waals surface area contributed by atoms with Crippen molar-refractivity contribution in [2.75, 3.05) is 13.8 Å². The fourth-order valence-electron chi connectivity index (χ4n) is 3.90. The molecule has 1 aliphatic heterocycles. The molecule has 5 nitrogen and oxygen atoms in total. The Morgan fingerprint density at radius 1 is 1.03 bits per heavy atom. The lowest BCUT2D eigenvalue weighted by atomic mass is 10.0. The number of hydrogen-bond acceptors (Lipinski definition) is 5. The van der Waals surface area contributed by atoms with Crippen molar-refractivity contribution in [2.45, 2.75) is 13.1 Å². The minimum Gasteiger partial charge on any atom is -0.497 e. The van der Waals surface area contributed by atoms with Crippen LogP contribution in [0.4, 0.5) is 0 Å². The van der Waals surface area contributed by atoms with Crippen LogP contribution in [-0.4, -0.2) is 18.7 Å². The average Bonchev–Trinajstić information content (AvgIpc) is 2.80. The highest BCUT2D eigenvalue weighted by Crippen LogP contribution is 2.33. The molecule has 4 aromatic rings. The molecule has 0 N–H and O–H groups in total. The second-order valence-electron chi connectivity index (χ2n) is 7.38. The first-order valence-corrected chi connectivity index (χ1v) is 9.84. The minimum atomic E-state index is -0.0323. The second kappa shape index (κ2) is 7.69. The molecular formula is C25H21NO4. The molecule has 0 unspecified atom stereocenters. The van der Waals surface area contributed by atoms with E-state index in [0.717, 1.165) is 28.2 Å². The molecule has 3 aromatic carbocycles. The number of rotatable bonds is 4. The molecule has 5 rings (SSSR count). The van der Waals surface area contributed by atoms with Gasteiger partial charge in [-0.2, -0.15) is 0 Å². The van der Waals surface area contributed by atoms with Crippen LogP contribution in [0.5, 0.6) is 11.5 Å². The van der Waals surface area contributed by atoms with Crippen molar-refractivity contribution >= 4 is 11.0 Å². The summed E-state index contributed by atoms with van der Waals surface area (Å²) >= 11 is 0. The van der Waals surface area contributed by atoms with Crippen molar-refractivity contribution in [2.24, 2.45) is 0 Å². The van der Waals surface area contributed by atoms with Crippen molar-refractivity contribution in [3.8, 4) is 22.6 Å². The van der Waals surface area contributed by atoms with Crippen LogP contribution in [0.25, 0.3) is 22.1 Å². The van der Waals surface area contributed by atoms with Crippen LogP contribution >= 0.6 is 0 Å². The number of nitrogens with zero attached hydrogens (tertiary/aromatic N) is 1. The zero-order chi connectivity index (χ0) is 20.5. The van der Waals surface area contributed by atoms with Crippen molar-refractivity contribution < 1.29 is 13.9 Å². The maximum absolute atomic E-state index is 13.1. The molecule has 30 heavy (non-hydrogen) atoms. The summed E-state index contributed by atoms with van der Waals surface area (Å²) in [5, 5.41) is 0.571. The molecule has 0 bridgehead atoms. The Labute approximate surface area is 174 Å². The van der Waals surface area contributed by atoms with E-state index < -0.39 is 0 Å². The number of benzene rings is 3. The van der Waals surface area contributed by atoms with Crippen LogP contribution in [0, 0.1) is 0 Å². The van der Waals surface area contributed by atoms with Crippen LogP contribution < -0.4 is 14.9 Å². The summed E-state index contributed by atoms with van der Waals surface area (Å²) < 4.78 is 17.3. The Balaban J connectivity index is 1.50. The van der Waals surface area contributed by atoms with Gasteiger partial charge >= 0.3 is 0 Å². The van der Waals surface area contributed by atoms with Crippen LogP contribution in [-0.2, 0) is 13.1 Å². The fourth-order valence-corrected chi connectivity index (χ4v) is 3.90. The van der Waals surface area contributed by atoms with Crippen molar-refractivity contribution in [1.82, 2.24) is 4.90 Å². The molecule has 0 fully saturated rings. The molecule has 1 aliphatic rings. The summed E-state index contributed by atoms with van der Waals surface area (Å²) in [7, 11) is 1.66. The third-order valence-corrected chi connectivity index (χ3v) is 5.41. The highest BCUT2D eigenvalue weighted by molar-refractivity contribution is 5.85. The Hall–Kier alpha value is -3.57. The van der Waals surface area contributed by atoms with E-state index in [-0.39, 0.29) is 5.43 Å². The van der Waals surface area contributed by atoms with E-state index in [1.54, 1.807) is 19.4 Å². The Kier molecular flexibility index (Phi) is 4.73. The Morgan fingerprint density at radius 3 is 2.73 bits per heavy atom. The molecule has 0 radical (unpaired) electrons. The van der Waals surface area contributed by atoms with E-state index in [0.29, 0.717) is 36.4 Å². The fraction of sp³-hybridized carbons (Fsp3) is 0.160. The monoisotopic (exact) mass is 399 g/mol. The predicted molar refractivity (Wildman–Crippen MR) is 116 cm³/mol. The van der Waals surface area contributed by atoms with Crippen molar-refractivity contribution in [1.29, 1.82) is 0 Å². The molecular weight excluding hydrogens is 378 g/mol. The SMILES string of the molecule is COc1cccc(CN2COc3ccc4c(=O)c(-c5ccccc5)coc4c3C2)c1. The van der Waals surface area contributed by atoms with E-state index in [1.165, 1.54) is 0 Å². The Morgan fingerprint density at radius 2 is 1.90 bits per heavy atom. The molecule has 0 atom stereocenters. The van der Waals surface area contributed by atoms with Crippen LogP contribution in [0.2, 0.25) is 0 Å². The van der Waals surface area contributed by atoms with Crippen LogP contribution in [0.3, 0.4) is 0 Å². The van der Waals surface area contributed by atoms with Gasteiger partial charge in [0.1, 0.15) is 30.1 Å². The van der Waals surface area contributed by atoms with Gasteiger partial charge < -0.3 is 13.9 Å². The third kappa shape index (κ3) is 3.33. The molecule has 150 valence electrons. The van der Waals surface area contributed by atoms with Gasteiger partial charge in [-0.25, -0.2) is 0 Å². The zero-order valence-corrected chi connectivity index (χ0v) is 16.6. The van der Waals surface area contributed by atoms with Gasteiger partial charge in [0.05, 0.1) is 23.6 Å².